The Morgan fingerprint density at radius 3 is 3.00 bits per heavy atom. The normalized spacial score (nSPS) is 17.6. The van der Waals surface area contributed by atoms with Crippen LogP contribution in [0.5, 0.6) is 0 Å². The van der Waals surface area contributed by atoms with Gasteiger partial charge in [0.1, 0.15) is 5.82 Å². The number of nitrogens with zero attached hydrogens (tertiary/aromatic N) is 4. The summed E-state index contributed by atoms with van der Waals surface area (Å²) in [7, 11) is 0. The molecule has 0 spiro atoms. The van der Waals surface area contributed by atoms with Crippen LogP contribution in [0, 0.1) is 0 Å². The van der Waals surface area contributed by atoms with E-state index in [2.05, 4.69) is 15.2 Å². The molecule has 0 bridgehead atoms. The first kappa shape index (κ1) is 17.2. The van der Waals surface area contributed by atoms with E-state index < -0.39 is 6.55 Å². The van der Waals surface area contributed by atoms with Crippen LogP contribution in [0.2, 0.25) is 0 Å². The summed E-state index contributed by atoms with van der Waals surface area (Å²) in [6, 6.07) is 6.77. The second-order valence-corrected chi connectivity index (χ2v) is 6.95. The van der Waals surface area contributed by atoms with Crippen molar-refractivity contribution in [2.45, 2.75) is 42.9 Å². The maximum atomic E-state index is 13.5. The number of fused-ring (bicyclic) bond motifs is 1. The Hall–Kier alpha value is -2.20. The van der Waals surface area contributed by atoms with E-state index in [0.29, 0.717) is 29.3 Å². The summed E-state index contributed by atoms with van der Waals surface area (Å²) in [6.07, 6.45) is 1.84. The first-order valence-electron chi connectivity index (χ1n) is 8.27. The fourth-order valence-electron chi connectivity index (χ4n) is 3.11. The van der Waals surface area contributed by atoms with Crippen LogP contribution in [0.3, 0.4) is 0 Å². The van der Waals surface area contributed by atoms with Gasteiger partial charge < -0.3 is 4.74 Å². The molecule has 0 aliphatic carbocycles. The van der Waals surface area contributed by atoms with Crippen molar-refractivity contribution in [1.29, 1.82) is 0 Å². The number of H-pyrrole nitrogens is 1. The zero-order valence-electron chi connectivity index (χ0n) is 13.8. The van der Waals surface area contributed by atoms with Gasteiger partial charge in [0.05, 0.1) is 29.4 Å². The Balaban J connectivity index is 1.57. The molecule has 0 radical (unpaired) electrons. The summed E-state index contributed by atoms with van der Waals surface area (Å²) in [5.74, 6) is 0.416. The number of hydrogen-bond donors (Lipinski definition) is 1. The summed E-state index contributed by atoms with van der Waals surface area (Å²) in [6.45, 7) is -1.59. The van der Waals surface area contributed by atoms with Gasteiger partial charge >= 0.3 is 12.2 Å². The van der Waals surface area contributed by atoms with Gasteiger partial charge in [-0.25, -0.2) is 14.9 Å². The monoisotopic (exact) mass is 381 g/mol. The van der Waals surface area contributed by atoms with Crippen molar-refractivity contribution >= 4 is 22.8 Å². The predicted octanol–water partition coefficient (Wildman–Crippen LogP) is 2.79. The Labute approximate surface area is 151 Å². The molecule has 138 valence electrons. The lowest BCUT2D eigenvalue weighted by molar-refractivity contribution is 0.0722. The molecule has 26 heavy (non-hydrogen) atoms. The van der Waals surface area contributed by atoms with Crippen molar-refractivity contribution < 1.29 is 13.5 Å². The van der Waals surface area contributed by atoms with Gasteiger partial charge in [0.25, 0.3) is 0 Å². The smallest absolute Gasteiger partial charge is 0.344 e. The van der Waals surface area contributed by atoms with Crippen LogP contribution in [0.1, 0.15) is 25.2 Å². The molecule has 4 rings (SSSR count). The van der Waals surface area contributed by atoms with Crippen molar-refractivity contribution in [3.8, 4) is 0 Å². The highest BCUT2D eigenvalue weighted by Gasteiger charge is 2.21. The topological polar surface area (TPSA) is 77.7 Å². The number of para-hydroxylation sites is 2. The third-order valence-electron chi connectivity index (χ3n) is 4.33. The lowest BCUT2D eigenvalue weighted by atomic mass is 10.2. The van der Waals surface area contributed by atoms with Gasteiger partial charge in [-0.05, 0) is 25.0 Å². The Bertz CT molecular complexity index is 961. The number of aromatic nitrogens is 5. The summed E-state index contributed by atoms with van der Waals surface area (Å²) < 4.78 is 35.0. The number of benzene rings is 1. The zero-order valence-corrected chi connectivity index (χ0v) is 14.6. The van der Waals surface area contributed by atoms with E-state index in [0.717, 1.165) is 17.4 Å². The Kier molecular flexibility index (Phi) is 4.77. The average Bonchev–Trinajstić information content (AvgIpc) is 3.33. The zero-order chi connectivity index (χ0) is 18.1. The molecule has 1 fully saturated rings. The van der Waals surface area contributed by atoms with Crippen LogP contribution in [0.25, 0.3) is 11.0 Å². The minimum absolute atomic E-state index is 0.0183. The maximum absolute atomic E-state index is 13.5. The highest BCUT2D eigenvalue weighted by molar-refractivity contribution is 7.98. The first-order valence-corrected chi connectivity index (χ1v) is 9.25. The largest absolute Gasteiger partial charge is 0.376 e. The highest BCUT2D eigenvalue weighted by Crippen LogP contribution is 2.27. The van der Waals surface area contributed by atoms with Gasteiger partial charge in [-0.1, -0.05) is 23.9 Å². The fraction of sp³-hybridized carbons (Fsp3) is 0.438. The van der Waals surface area contributed by atoms with E-state index in [-0.39, 0.29) is 23.4 Å². The van der Waals surface area contributed by atoms with Crippen molar-refractivity contribution in [2.24, 2.45) is 0 Å². The third-order valence-corrected chi connectivity index (χ3v) is 5.30. The number of thioether (sulfide) groups is 1. The average molecular weight is 381 g/mol. The molecule has 10 heteroatoms. The van der Waals surface area contributed by atoms with E-state index in [1.807, 2.05) is 0 Å². The van der Waals surface area contributed by atoms with E-state index >= 15 is 0 Å². The first-order chi connectivity index (χ1) is 12.6. The number of imidazole rings is 1. The van der Waals surface area contributed by atoms with Gasteiger partial charge in [-0.15, -0.1) is 5.10 Å². The number of nitrogens with one attached hydrogen (secondary N) is 1. The van der Waals surface area contributed by atoms with E-state index in [1.54, 1.807) is 24.3 Å². The molecule has 1 saturated heterocycles. The molecular weight excluding hydrogens is 364 g/mol. The van der Waals surface area contributed by atoms with Crippen molar-refractivity contribution in [2.75, 3.05) is 6.61 Å². The molecule has 1 atom stereocenters. The van der Waals surface area contributed by atoms with Gasteiger partial charge in [-0.3, -0.25) is 9.13 Å². The molecule has 0 amide bonds. The molecule has 1 aliphatic rings. The van der Waals surface area contributed by atoms with Crippen LogP contribution < -0.4 is 5.69 Å². The molecule has 1 N–H and O–H groups in total. The summed E-state index contributed by atoms with van der Waals surface area (Å²) in [5, 5.41) is 6.87. The maximum Gasteiger partial charge on any atom is 0.344 e. The standard InChI is InChI=1S/C16H17F2N5O2S/c17-14(18)23-12-6-2-1-5-11(12)19-13(23)9-26-16-21-20-15(24)22(16)8-10-4-3-7-25-10/h1-2,5-6,10,14H,3-4,7-9H2,(H,20,24). The second kappa shape index (κ2) is 7.20. The minimum atomic E-state index is -2.69. The molecule has 1 unspecified atom stereocenters. The number of aromatic amines is 1. The number of ether oxygens (including phenoxy) is 1. The van der Waals surface area contributed by atoms with Gasteiger partial charge in [-0.2, -0.15) is 8.78 Å². The SMILES string of the molecule is O=c1[nH]nc(SCc2nc3ccccc3n2C(F)F)n1CC1CCCO1. The molecule has 1 aromatic carbocycles. The predicted molar refractivity (Wildman–Crippen MR) is 92.4 cm³/mol. The molecule has 1 aliphatic heterocycles. The Morgan fingerprint density at radius 2 is 2.23 bits per heavy atom. The minimum Gasteiger partial charge on any atom is -0.376 e. The van der Waals surface area contributed by atoms with Crippen LogP contribution in [0.4, 0.5) is 8.78 Å². The molecular formula is C16H17F2N5O2S. The van der Waals surface area contributed by atoms with Gasteiger partial charge in [0, 0.05) is 6.61 Å². The molecule has 2 aromatic heterocycles. The van der Waals surface area contributed by atoms with E-state index in [9.17, 15) is 13.6 Å². The summed E-state index contributed by atoms with van der Waals surface area (Å²) >= 11 is 1.20. The third kappa shape index (κ3) is 3.26. The number of alkyl halides is 2. The molecule has 3 heterocycles. The lowest BCUT2D eigenvalue weighted by Crippen LogP contribution is -2.25. The van der Waals surface area contributed by atoms with Gasteiger partial charge in [0.2, 0.25) is 0 Å². The number of hydrogen-bond acceptors (Lipinski definition) is 5. The number of rotatable bonds is 6. The summed E-state index contributed by atoms with van der Waals surface area (Å²) in [5.41, 5.74) is 0.574. The van der Waals surface area contributed by atoms with E-state index in [1.165, 1.54) is 16.3 Å². The summed E-state index contributed by atoms with van der Waals surface area (Å²) in [4.78, 5) is 16.3. The van der Waals surface area contributed by atoms with E-state index in [4.69, 9.17) is 4.74 Å². The molecule has 3 aromatic rings. The quantitative estimate of drug-likeness (QED) is 0.665. The van der Waals surface area contributed by atoms with Gasteiger partial charge in [0.15, 0.2) is 5.16 Å². The second-order valence-electron chi connectivity index (χ2n) is 6.01. The molecule has 0 saturated carbocycles. The van der Waals surface area contributed by atoms with Crippen molar-refractivity contribution in [1.82, 2.24) is 24.3 Å². The highest BCUT2D eigenvalue weighted by atomic mass is 32.2. The van der Waals surface area contributed by atoms with Crippen LogP contribution in [-0.2, 0) is 17.0 Å². The molecule has 7 nitrogen and oxygen atoms in total. The number of halogens is 2. The Morgan fingerprint density at radius 1 is 1.38 bits per heavy atom. The fourth-order valence-corrected chi connectivity index (χ4v) is 3.99. The van der Waals surface area contributed by atoms with Crippen LogP contribution in [0.15, 0.2) is 34.2 Å². The van der Waals surface area contributed by atoms with Crippen LogP contribution in [-0.4, -0.2) is 37.0 Å². The van der Waals surface area contributed by atoms with Crippen molar-refractivity contribution in [3.63, 3.8) is 0 Å². The van der Waals surface area contributed by atoms with Crippen LogP contribution >= 0.6 is 11.8 Å². The van der Waals surface area contributed by atoms with Crippen molar-refractivity contribution in [3.05, 3.63) is 40.6 Å². The lowest BCUT2D eigenvalue weighted by Gasteiger charge is -2.11.